The Labute approximate surface area is 163 Å². The van der Waals surface area contributed by atoms with E-state index in [0.29, 0.717) is 17.2 Å². The molecule has 0 aliphatic heterocycles. The van der Waals surface area contributed by atoms with Crippen molar-refractivity contribution in [2.75, 3.05) is 10.6 Å². The van der Waals surface area contributed by atoms with Crippen molar-refractivity contribution in [3.63, 3.8) is 0 Å². The zero-order valence-corrected chi connectivity index (χ0v) is 15.7. The Bertz CT molecular complexity index is 908. The second-order valence-electron chi connectivity index (χ2n) is 6.53. The third-order valence-corrected chi connectivity index (χ3v) is 4.02. The second kappa shape index (κ2) is 8.81. The number of carbonyl (C=O) groups excluding carboxylic acids is 2. The van der Waals surface area contributed by atoms with Gasteiger partial charge in [0.2, 0.25) is 5.91 Å². The summed E-state index contributed by atoms with van der Waals surface area (Å²) in [4.78, 5) is 29.2. The SMILES string of the molecule is CC(C)[C@@H](NC(=O)Nc1ccccc1)C(=O)Nc1ccc(-n2cccn2)nc1. The average molecular weight is 378 g/mol. The van der Waals surface area contributed by atoms with Gasteiger partial charge in [-0.05, 0) is 36.2 Å². The molecule has 8 heteroatoms. The maximum Gasteiger partial charge on any atom is 0.319 e. The molecule has 28 heavy (non-hydrogen) atoms. The van der Waals surface area contributed by atoms with Gasteiger partial charge in [-0.2, -0.15) is 5.10 Å². The molecular formula is C20H22N6O2. The molecule has 0 aliphatic carbocycles. The molecule has 0 aliphatic rings. The highest BCUT2D eigenvalue weighted by Gasteiger charge is 2.24. The van der Waals surface area contributed by atoms with Crippen molar-refractivity contribution in [2.45, 2.75) is 19.9 Å². The van der Waals surface area contributed by atoms with Gasteiger partial charge in [0.1, 0.15) is 6.04 Å². The highest BCUT2D eigenvalue weighted by atomic mass is 16.2. The Hall–Kier alpha value is -3.68. The van der Waals surface area contributed by atoms with Crippen LogP contribution in [0.3, 0.4) is 0 Å². The molecule has 3 N–H and O–H groups in total. The van der Waals surface area contributed by atoms with E-state index in [0.717, 1.165) is 0 Å². The van der Waals surface area contributed by atoms with Gasteiger partial charge in [-0.1, -0.05) is 32.0 Å². The topological polar surface area (TPSA) is 101 Å². The van der Waals surface area contributed by atoms with Gasteiger partial charge < -0.3 is 16.0 Å². The highest BCUT2D eigenvalue weighted by molar-refractivity contribution is 5.99. The van der Waals surface area contributed by atoms with E-state index in [9.17, 15) is 9.59 Å². The fourth-order valence-corrected chi connectivity index (χ4v) is 2.58. The standard InChI is InChI=1S/C20H22N6O2/c1-14(2)18(25-20(28)24-15-7-4-3-5-8-15)19(27)23-16-9-10-17(21-13-16)26-12-6-11-22-26/h3-14,18H,1-2H3,(H,23,27)(H2,24,25,28)/t18-/m1/s1. The molecule has 2 heterocycles. The Kier molecular flexibility index (Phi) is 6.01. The number of nitrogens with zero attached hydrogens (tertiary/aromatic N) is 3. The van der Waals surface area contributed by atoms with Gasteiger partial charge in [0.05, 0.1) is 11.9 Å². The molecule has 0 fully saturated rings. The van der Waals surface area contributed by atoms with Gasteiger partial charge in [-0.25, -0.2) is 14.5 Å². The van der Waals surface area contributed by atoms with Gasteiger partial charge >= 0.3 is 6.03 Å². The van der Waals surface area contributed by atoms with E-state index in [1.807, 2.05) is 32.0 Å². The number of hydrogen-bond donors (Lipinski definition) is 3. The lowest BCUT2D eigenvalue weighted by Gasteiger charge is -2.22. The summed E-state index contributed by atoms with van der Waals surface area (Å²) in [5.41, 5.74) is 1.19. The third-order valence-electron chi connectivity index (χ3n) is 4.02. The predicted octanol–water partition coefficient (Wildman–Crippen LogP) is 3.05. The first-order chi connectivity index (χ1) is 13.5. The molecule has 3 aromatic rings. The van der Waals surface area contributed by atoms with Crippen molar-refractivity contribution < 1.29 is 9.59 Å². The van der Waals surface area contributed by atoms with Crippen molar-refractivity contribution in [1.29, 1.82) is 0 Å². The lowest BCUT2D eigenvalue weighted by atomic mass is 10.0. The number of nitrogens with one attached hydrogen (secondary N) is 3. The van der Waals surface area contributed by atoms with E-state index in [4.69, 9.17) is 0 Å². The maximum absolute atomic E-state index is 12.7. The molecule has 2 aromatic heterocycles. The quantitative estimate of drug-likeness (QED) is 0.614. The molecule has 3 rings (SSSR count). The minimum Gasteiger partial charge on any atom is -0.326 e. The molecule has 0 saturated carbocycles. The summed E-state index contributed by atoms with van der Waals surface area (Å²) in [6.07, 6.45) is 5.00. The van der Waals surface area contributed by atoms with Crippen molar-refractivity contribution in [3.8, 4) is 5.82 Å². The summed E-state index contributed by atoms with van der Waals surface area (Å²) >= 11 is 0. The summed E-state index contributed by atoms with van der Waals surface area (Å²) in [5.74, 6) is 0.230. The van der Waals surface area contributed by atoms with Crippen LogP contribution in [0.1, 0.15) is 13.8 Å². The fraction of sp³-hybridized carbons (Fsp3) is 0.200. The smallest absolute Gasteiger partial charge is 0.319 e. The molecule has 8 nitrogen and oxygen atoms in total. The number of rotatable bonds is 6. The van der Waals surface area contributed by atoms with Crippen LogP contribution < -0.4 is 16.0 Å². The van der Waals surface area contributed by atoms with Gasteiger partial charge in [0.15, 0.2) is 5.82 Å². The fourth-order valence-electron chi connectivity index (χ4n) is 2.58. The van der Waals surface area contributed by atoms with Crippen LogP contribution in [0, 0.1) is 5.92 Å². The van der Waals surface area contributed by atoms with Crippen LogP contribution >= 0.6 is 0 Å². The lowest BCUT2D eigenvalue weighted by molar-refractivity contribution is -0.118. The molecule has 144 valence electrons. The van der Waals surface area contributed by atoms with Crippen LogP contribution in [-0.4, -0.2) is 32.7 Å². The van der Waals surface area contributed by atoms with Crippen LogP contribution in [-0.2, 0) is 4.79 Å². The van der Waals surface area contributed by atoms with E-state index < -0.39 is 12.1 Å². The maximum atomic E-state index is 12.7. The number of carbonyl (C=O) groups is 2. The summed E-state index contributed by atoms with van der Waals surface area (Å²) in [7, 11) is 0. The Morgan fingerprint density at radius 2 is 1.75 bits per heavy atom. The average Bonchev–Trinajstić information content (AvgIpc) is 3.22. The van der Waals surface area contributed by atoms with Crippen LogP contribution in [0.15, 0.2) is 67.1 Å². The Morgan fingerprint density at radius 3 is 2.36 bits per heavy atom. The Balaban J connectivity index is 1.62. The van der Waals surface area contributed by atoms with Crippen LogP contribution in [0.2, 0.25) is 0 Å². The number of pyridine rings is 1. The van der Waals surface area contributed by atoms with Gasteiger partial charge in [0, 0.05) is 18.1 Å². The first-order valence-corrected chi connectivity index (χ1v) is 8.92. The van der Waals surface area contributed by atoms with Crippen molar-refractivity contribution in [1.82, 2.24) is 20.1 Å². The zero-order chi connectivity index (χ0) is 19.9. The molecular weight excluding hydrogens is 356 g/mol. The van der Waals surface area contributed by atoms with E-state index in [1.54, 1.807) is 53.6 Å². The zero-order valence-electron chi connectivity index (χ0n) is 15.7. The van der Waals surface area contributed by atoms with Crippen molar-refractivity contribution >= 4 is 23.3 Å². The predicted molar refractivity (Wildman–Crippen MR) is 107 cm³/mol. The van der Waals surface area contributed by atoms with E-state index in [1.165, 1.54) is 0 Å². The molecule has 0 radical (unpaired) electrons. The highest BCUT2D eigenvalue weighted by Crippen LogP contribution is 2.12. The van der Waals surface area contributed by atoms with E-state index in [-0.39, 0.29) is 11.8 Å². The van der Waals surface area contributed by atoms with Crippen LogP contribution in [0.4, 0.5) is 16.2 Å². The van der Waals surface area contributed by atoms with E-state index in [2.05, 4.69) is 26.0 Å². The van der Waals surface area contributed by atoms with Crippen LogP contribution in [0.25, 0.3) is 5.82 Å². The largest absolute Gasteiger partial charge is 0.326 e. The first kappa shape index (κ1) is 19.1. The summed E-state index contributed by atoms with van der Waals surface area (Å²) in [6.45, 7) is 3.73. The number of anilines is 2. The summed E-state index contributed by atoms with van der Waals surface area (Å²) in [5, 5.41) is 12.3. The monoisotopic (exact) mass is 378 g/mol. The molecule has 1 atom stereocenters. The number of urea groups is 1. The second-order valence-corrected chi connectivity index (χ2v) is 6.53. The molecule has 1 aromatic carbocycles. The molecule has 0 bridgehead atoms. The minimum absolute atomic E-state index is 0.0992. The van der Waals surface area contributed by atoms with Gasteiger partial charge in [-0.15, -0.1) is 0 Å². The third kappa shape index (κ3) is 4.94. The molecule has 0 unspecified atom stereocenters. The molecule has 0 spiro atoms. The van der Waals surface area contributed by atoms with Gasteiger partial charge in [0.25, 0.3) is 0 Å². The van der Waals surface area contributed by atoms with Crippen molar-refractivity contribution in [2.24, 2.45) is 5.92 Å². The number of para-hydroxylation sites is 1. The number of hydrogen-bond acceptors (Lipinski definition) is 4. The van der Waals surface area contributed by atoms with E-state index >= 15 is 0 Å². The first-order valence-electron chi connectivity index (χ1n) is 8.92. The minimum atomic E-state index is -0.700. The number of benzene rings is 1. The van der Waals surface area contributed by atoms with Crippen molar-refractivity contribution in [3.05, 3.63) is 67.1 Å². The van der Waals surface area contributed by atoms with Crippen LogP contribution in [0.5, 0.6) is 0 Å². The number of amides is 3. The number of aromatic nitrogens is 3. The lowest BCUT2D eigenvalue weighted by Crippen LogP contribution is -2.48. The normalized spacial score (nSPS) is 11.7. The summed E-state index contributed by atoms with van der Waals surface area (Å²) < 4.78 is 1.62. The van der Waals surface area contributed by atoms with Gasteiger partial charge in [-0.3, -0.25) is 4.79 Å². The molecule has 0 saturated heterocycles. The summed E-state index contributed by atoms with van der Waals surface area (Å²) in [6, 6.07) is 13.2. The molecule has 3 amide bonds. The Morgan fingerprint density at radius 1 is 0.964 bits per heavy atom.